The molecule has 1 N–H and O–H groups in total. The lowest BCUT2D eigenvalue weighted by molar-refractivity contribution is -0.136. The van der Waals surface area contributed by atoms with Crippen LogP contribution >= 0.6 is 0 Å². The molecular weight excluding hydrogens is 132 g/mol. The molecule has 0 heterocycles. The fraction of sp³-hybridized carbons (Fsp3) is 0.429. The molecule has 0 atom stereocenters. The molecule has 0 rings (SSSR count). The maximum Gasteiger partial charge on any atom is 0.303 e. The van der Waals surface area contributed by atoms with Crippen molar-refractivity contribution in [2.24, 2.45) is 0 Å². The molecule has 0 unspecified atom stereocenters. The predicted molar refractivity (Wildman–Crippen MR) is 36.7 cm³/mol. The number of hydrogen-bond donors (Lipinski definition) is 1. The lowest BCUT2D eigenvalue weighted by Gasteiger charge is -1.95. The molecule has 3 heteroatoms. The van der Waals surface area contributed by atoms with Gasteiger partial charge in [0.25, 0.3) is 0 Å². The van der Waals surface area contributed by atoms with Gasteiger partial charge in [0.15, 0.2) is 5.78 Å². The number of Topliss-reactive ketones (excluding diaryl/α,β-unsaturated/α-hetero) is 1. The fourth-order valence-electron chi connectivity index (χ4n) is 0.434. The Hall–Kier alpha value is -1.12. The molecule has 3 nitrogen and oxygen atoms in total. The van der Waals surface area contributed by atoms with Crippen molar-refractivity contribution in [3.63, 3.8) is 0 Å². The third kappa shape index (κ3) is 3.83. The molecule has 0 amide bonds. The van der Waals surface area contributed by atoms with Crippen molar-refractivity contribution in [1.29, 1.82) is 0 Å². The van der Waals surface area contributed by atoms with Crippen LogP contribution in [0.25, 0.3) is 0 Å². The zero-order valence-electron chi connectivity index (χ0n) is 5.89. The van der Waals surface area contributed by atoms with E-state index in [9.17, 15) is 9.59 Å². The summed E-state index contributed by atoms with van der Waals surface area (Å²) in [5.74, 6) is -1.04. The van der Waals surface area contributed by atoms with Crippen molar-refractivity contribution in [3.8, 4) is 0 Å². The number of hydrogen-bond acceptors (Lipinski definition) is 2. The topological polar surface area (TPSA) is 54.4 Å². The van der Waals surface area contributed by atoms with Crippen LogP contribution < -0.4 is 0 Å². The first-order valence-corrected chi connectivity index (χ1v) is 2.94. The van der Waals surface area contributed by atoms with E-state index in [1.54, 1.807) is 0 Å². The monoisotopic (exact) mass is 142 g/mol. The van der Waals surface area contributed by atoms with Crippen molar-refractivity contribution in [1.82, 2.24) is 0 Å². The summed E-state index contributed by atoms with van der Waals surface area (Å²) in [6.07, 6.45) is 0.239. The molecule has 0 bridgehead atoms. The molecule has 56 valence electrons. The molecule has 0 saturated heterocycles. The number of carbonyl (C=O) groups excluding carboxylic acids is 1. The Bertz CT molecular complexity index is 170. The molecule has 0 aliphatic carbocycles. The van der Waals surface area contributed by atoms with Crippen LogP contribution in [0.5, 0.6) is 0 Å². The summed E-state index contributed by atoms with van der Waals surface area (Å²) in [5.41, 5.74) is 0.377. The summed E-state index contributed by atoms with van der Waals surface area (Å²) in [6.45, 7) is 4.79. The van der Waals surface area contributed by atoms with Crippen LogP contribution in [0.1, 0.15) is 19.8 Å². The molecule has 0 spiro atoms. The van der Waals surface area contributed by atoms with Crippen LogP contribution in [0.2, 0.25) is 0 Å². The Balaban J connectivity index is 3.60. The lowest BCUT2D eigenvalue weighted by atomic mass is 10.1. The Morgan fingerprint density at radius 1 is 1.40 bits per heavy atom. The van der Waals surface area contributed by atoms with Gasteiger partial charge < -0.3 is 5.11 Å². The van der Waals surface area contributed by atoms with Crippen molar-refractivity contribution < 1.29 is 14.7 Å². The van der Waals surface area contributed by atoms with Crippen molar-refractivity contribution in [2.75, 3.05) is 0 Å². The summed E-state index contributed by atoms with van der Waals surface area (Å²) in [6, 6.07) is 0. The number of aliphatic carboxylic acids is 1. The van der Waals surface area contributed by atoms with Crippen LogP contribution in [-0.4, -0.2) is 16.9 Å². The molecular formula is C7H10O3. The lowest BCUT2D eigenvalue weighted by Crippen LogP contribution is -1.99. The normalized spacial score (nSPS) is 8.90. The molecule has 0 radical (unpaired) electrons. The largest absolute Gasteiger partial charge is 0.481 e. The second-order valence-electron chi connectivity index (χ2n) is 2.05. The molecule has 0 aliphatic heterocycles. The number of rotatable bonds is 4. The van der Waals surface area contributed by atoms with E-state index in [0.717, 1.165) is 0 Å². The van der Waals surface area contributed by atoms with Gasteiger partial charge in [0, 0.05) is 6.42 Å². The summed E-state index contributed by atoms with van der Waals surface area (Å²) in [4.78, 5) is 20.4. The number of allylic oxidation sites excluding steroid dienone is 1. The van der Waals surface area contributed by atoms with Crippen LogP contribution in [0.4, 0.5) is 0 Å². The molecule has 0 saturated carbocycles. The van der Waals surface area contributed by atoms with E-state index >= 15 is 0 Å². The van der Waals surface area contributed by atoms with Gasteiger partial charge in [0.1, 0.15) is 0 Å². The predicted octanol–water partition coefficient (Wildman–Crippen LogP) is 0.996. The van der Waals surface area contributed by atoms with Crippen LogP contribution in [0.15, 0.2) is 12.2 Å². The van der Waals surface area contributed by atoms with Crippen LogP contribution in [0.3, 0.4) is 0 Å². The molecule has 0 aromatic heterocycles. The van der Waals surface area contributed by atoms with E-state index in [-0.39, 0.29) is 18.6 Å². The van der Waals surface area contributed by atoms with Crippen LogP contribution in [0, 0.1) is 0 Å². The van der Waals surface area contributed by atoms with E-state index in [1.807, 2.05) is 0 Å². The molecule has 0 aromatic rings. The minimum absolute atomic E-state index is 0.0155. The first kappa shape index (κ1) is 8.88. The average molecular weight is 142 g/mol. The van der Waals surface area contributed by atoms with E-state index in [1.165, 1.54) is 6.92 Å². The van der Waals surface area contributed by atoms with E-state index < -0.39 is 5.97 Å². The summed E-state index contributed by atoms with van der Waals surface area (Å²) in [5, 5.41) is 8.19. The minimum atomic E-state index is -0.901. The van der Waals surface area contributed by atoms with Crippen LogP contribution in [-0.2, 0) is 9.59 Å². The highest BCUT2D eigenvalue weighted by Crippen LogP contribution is 2.02. The SMILES string of the molecule is C=C(CCC(=O)O)C(C)=O. The first-order valence-electron chi connectivity index (χ1n) is 2.94. The van der Waals surface area contributed by atoms with Gasteiger partial charge in [-0.2, -0.15) is 0 Å². The van der Waals surface area contributed by atoms with Gasteiger partial charge in [-0.25, -0.2) is 0 Å². The highest BCUT2D eigenvalue weighted by molar-refractivity contribution is 5.92. The van der Waals surface area contributed by atoms with Gasteiger partial charge in [-0.3, -0.25) is 9.59 Å². The van der Waals surface area contributed by atoms with Gasteiger partial charge in [0.2, 0.25) is 0 Å². The van der Waals surface area contributed by atoms with Crippen molar-refractivity contribution in [2.45, 2.75) is 19.8 Å². The summed E-state index contributed by atoms with van der Waals surface area (Å²) < 4.78 is 0. The van der Waals surface area contributed by atoms with Gasteiger partial charge in [0.05, 0.1) is 0 Å². The molecule has 0 fully saturated rings. The Morgan fingerprint density at radius 3 is 2.20 bits per heavy atom. The second-order valence-corrected chi connectivity index (χ2v) is 2.05. The number of carboxylic acid groups (broad SMARTS) is 1. The van der Waals surface area contributed by atoms with E-state index in [4.69, 9.17) is 5.11 Å². The summed E-state index contributed by atoms with van der Waals surface area (Å²) >= 11 is 0. The molecule has 10 heavy (non-hydrogen) atoms. The molecule has 0 aromatic carbocycles. The zero-order chi connectivity index (χ0) is 8.15. The van der Waals surface area contributed by atoms with Gasteiger partial charge in [-0.15, -0.1) is 0 Å². The third-order valence-corrected chi connectivity index (χ3v) is 1.14. The number of carboxylic acids is 1. The second kappa shape index (κ2) is 3.82. The van der Waals surface area contributed by atoms with Gasteiger partial charge >= 0.3 is 5.97 Å². The average Bonchev–Trinajstić information content (AvgIpc) is 1.82. The van der Waals surface area contributed by atoms with Crippen molar-refractivity contribution in [3.05, 3.63) is 12.2 Å². The fourth-order valence-corrected chi connectivity index (χ4v) is 0.434. The highest BCUT2D eigenvalue weighted by Gasteiger charge is 2.02. The van der Waals surface area contributed by atoms with Gasteiger partial charge in [-0.1, -0.05) is 6.58 Å². The van der Waals surface area contributed by atoms with Crippen molar-refractivity contribution >= 4 is 11.8 Å². The maximum absolute atomic E-state index is 10.5. The Kier molecular flexibility index (Phi) is 3.39. The standard InChI is InChI=1S/C7H10O3/c1-5(6(2)8)3-4-7(9)10/h1,3-4H2,2H3,(H,9,10). The first-order chi connectivity index (χ1) is 4.54. The minimum Gasteiger partial charge on any atom is -0.481 e. The van der Waals surface area contributed by atoms with Gasteiger partial charge in [-0.05, 0) is 18.9 Å². The van der Waals surface area contributed by atoms with E-state index in [2.05, 4.69) is 6.58 Å². The zero-order valence-corrected chi connectivity index (χ0v) is 5.89. The smallest absolute Gasteiger partial charge is 0.303 e. The molecule has 0 aliphatic rings. The number of carbonyl (C=O) groups is 2. The maximum atomic E-state index is 10.5. The Labute approximate surface area is 59.4 Å². The quantitative estimate of drug-likeness (QED) is 0.595. The van der Waals surface area contributed by atoms with E-state index in [0.29, 0.717) is 5.57 Å². The highest BCUT2D eigenvalue weighted by atomic mass is 16.4. The summed E-state index contributed by atoms with van der Waals surface area (Å²) in [7, 11) is 0. The third-order valence-electron chi connectivity index (χ3n) is 1.14. The Morgan fingerprint density at radius 2 is 1.90 bits per heavy atom. The number of ketones is 1.